The van der Waals surface area contributed by atoms with E-state index in [2.05, 4.69) is 45.7 Å². The molecule has 4 rings (SSSR count). The lowest BCUT2D eigenvalue weighted by Gasteiger charge is -2.27. The van der Waals surface area contributed by atoms with E-state index in [1.165, 1.54) is 11.1 Å². The molecule has 1 aromatic heterocycles. The molecule has 134 valence electrons. The maximum atomic E-state index is 5.62. The average molecular weight is 341 g/mol. The molecule has 0 saturated carbocycles. The molecule has 1 atom stereocenters. The van der Waals surface area contributed by atoms with Crippen LogP contribution in [0.2, 0.25) is 0 Å². The van der Waals surface area contributed by atoms with Gasteiger partial charge in [-0.15, -0.1) is 0 Å². The van der Waals surface area contributed by atoms with E-state index < -0.39 is 0 Å². The van der Waals surface area contributed by atoms with Crippen LogP contribution >= 0.6 is 0 Å². The summed E-state index contributed by atoms with van der Waals surface area (Å²) < 4.78 is 11.0. The van der Waals surface area contributed by atoms with Gasteiger partial charge in [-0.1, -0.05) is 35.5 Å². The predicted octanol–water partition coefficient (Wildman–Crippen LogP) is 2.20. The lowest BCUT2D eigenvalue weighted by atomic mass is 9.91. The number of aryl methyl sites for hydroxylation is 1. The van der Waals surface area contributed by atoms with E-state index in [-0.39, 0.29) is 0 Å². The highest BCUT2D eigenvalue weighted by Crippen LogP contribution is 2.25. The Bertz CT molecular complexity index is 665. The number of nitrogens with zero attached hydrogens (tertiary/aromatic N) is 2. The summed E-state index contributed by atoms with van der Waals surface area (Å²) in [5, 5.41) is 8.10. The van der Waals surface area contributed by atoms with Crippen molar-refractivity contribution in [2.75, 3.05) is 32.8 Å². The highest BCUT2D eigenvalue weighted by molar-refractivity contribution is 5.27. The number of rotatable bonds is 6. The molecule has 0 amide bonds. The molecule has 2 aliphatic rings. The zero-order valence-electron chi connectivity index (χ0n) is 14.7. The van der Waals surface area contributed by atoms with Gasteiger partial charge in [0, 0.05) is 37.7 Å². The summed E-state index contributed by atoms with van der Waals surface area (Å²) in [5.41, 5.74) is 3.87. The van der Waals surface area contributed by atoms with Crippen molar-refractivity contribution in [1.82, 2.24) is 15.4 Å². The van der Waals surface area contributed by atoms with Crippen LogP contribution in [-0.4, -0.2) is 48.9 Å². The summed E-state index contributed by atoms with van der Waals surface area (Å²) in [6, 6.07) is 11.2. The first-order valence-electron chi connectivity index (χ1n) is 9.42. The van der Waals surface area contributed by atoms with Crippen molar-refractivity contribution < 1.29 is 9.26 Å². The molecular weight excluding hydrogens is 314 g/mol. The summed E-state index contributed by atoms with van der Waals surface area (Å²) in [5.74, 6) is 1.10. The Morgan fingerprint density at radius 1 is 1.16 bits per heavy atom. The van der Waals surface area contributed by atoms with Crippen LogP contribution in [0.15, 0.2) is 34.9 Å². The van der Waals surface area contributed by atoms with Gasteiger partial charge in [-0.3, -0.25) is 4.90 Å². The molecule has 1 N–H and O–H groups in total. The van der Waals surface area contributed by atoms with Gasteiger partial charge in [-0.05, 0) is 31.4 Å². The van der Waals surface area contributed by atoms with Crippen LogP contribution in [0.4, 0.5) is 0 Å². The van der Waals surface area contributed by atoms with Crippen molar-refractivity contribution >= 4 is 0 Å². The standard InChI is InChI=1S/C20H27N3O2/c1-2-4-16(5-3-1)8-9-21-17-6-7-20-18(14-17)19(22-25-20)15-23-10-12-24-13-11-23/h1-5,17,21H,6-15H2. The number of nitrogens with one attached hydrogen (secondary N) is 1. The van der Waals surface area contributed by atoms with Crippen molar-refractivity contribution in [2.24, 2.45) is 0 Å². The Labute approximate surface area is 149 Å². The van der Waals surface area contributed by atoms with Crippen LogP contribution in [0.1, 0.15) is 29.0 Å². The van der Waals surface area contributed by atoms with E-state index in [0.717, 1.165) is 76.5 Å². The zero-order valence-corrected chi connectivity index (χ0v) is 14.7. The number of morpholine rings is 1. The van der Waals surface area contributed by atoms with Gasteiger partial charge in [-0.2, -0.15) is 0 Å². The highest BCUT2D eigenvalue weighted by atomic mass is 16.5. The fourth-order valence-corrected chi connectivity index (χ4v) is 3.80. The maximum absolute atomic E-state index is 5.62. The van der Waals surface area contributed by atoms with E-state index in [4.69, 9.17) is 9.26 Å². The molecule has 0 radical (unpaired) electrons. The number of hydrogen-bond acceptors (Lipinski definition) is 5. The lowest BCUT2D eigenvalue weighted by Crippen LogP contribution is -2.37. The van der Waals surface area contributed by atoms with Crippen LogP contribution in [0.25, 0.3) is 0 Å². The van der Waals surface area contributed by atoms with Crippen molar-refractivity contribution in [2.45, 2.75) is 38.3 Å². The summed E-state index contributed by atoms with van der Waals surface area (Å²) in [7, 11) is 0. The number of benzene rings is 1. The number of hydrogen-bond donors (Lipinski definition) is 1. The Kier molecular flexibility index (Phi) is 5.45. The summed E-state index contributed by atoms with van der Waals surface area (Å²) >= 11 is 0. The van der Waals surface area contributed by atoms with E-state index in [1.807, 2.05) is 0 Å². The predicted molar refractivity (Wildman–Crippen MR) is 96.6 cm³/mol. The molecule has 1 aromatic carbocycles. The second-order valence-corrected chi connectivity index (χ2v) is 7.05. The zero-order chi connectivity index (χ0) is 16.9. The first-order valence-corrected chi connectivity index (χ1v) is 9.42. The fourth-order valence-electron chi connectivity index (χ4n) is 3.80. The van der Waals surface area contributed by atoms with Crippen LogP contribution in [0.3, 0.4) is 0 Å². The Balaban J connectivity index is 1.31. The van der Waals surface area contributed by atoms with Crippen molar-refractivity contribution in [3.8, 4) is 0 Å². The Morgan fingerprint density at radius 2 is 2.00 bits per heavy atom. The van der Waals surface area contributed by atoms with Gasteiger partial charge in [0.2, 0.25) is 0 Å². The van der Waals surface area contributed by atoms with Crippen molar-refractivity contribution in [3.63, 3.8) is 0 Å². The number of ether oxygens (including phenoxy) is 1. The van der Waals surface area contributed by atoms with Crippen molar-refractivity contribution in [1.29, 1.82) is 0 Å². The second-order valence-electron chi connectivity index (χ2n) is 7.05. The monoisotopic (exact) mass is 341 g/mol. The van der Waals surface area contributed by atoms with Gasteiger partial charge in [0.25, 0.3) is 0 Å². The van der Waals surface area contributed by atoms with Crippen LogP contribution in [0, 0.1) is 0 Å². The highest BCUT2D eigenvalue weighted by Gasteiger charge is 2.26. The average Bonchev–Trinajstić information content (AvgIpc) is 3.06. The van der Waals surface area contributed by atoms with Gasteiger partial charge in [0.15, 0.2) is 0 Å². The SMILES string of the molecule is c1ccc(CCNC2CCc3onc(CN4CCOCC4)c3C2)cc1. The lowest BCUT2D eigenvalue weighted by molar-refractivity contribution is 0.0331. The first kappa shape index (κ1) is 16.8. The largest absolute Gasteiger partial charge is 0.379 e. The fraction of sp³-hybridized carbons (Fsp3) is 0.550. The summed E-state index contributed by atoms with van der Waals surface area (Å²) in [6.45, 7) is 5.53. The quantitative estimate of drug-likeness (QED) is 0.873. The van der Waals surface area contributed by atoms with Gasteiger partial charge < -0.3 is 14.6 Å². The summed E-state index contributed by atoms with van der Waals surface area (Å²) in [4.78, 5) is 2.41. The second kappa shape index (κ2) is 8.13. The molecular formula is C20H27N3O2. The normalized spacial score (nSPS) is 21.2. The van der Waals surface area contributed by atoms with Crippen LogP contribution in [-0.2, 0) is 30.5 Å². The molecule has 2 aromatic rings. The minimum Gasteiger partial charge on any atom is -0.379 e. The number of aromatic nitrogens is 1. The molecule has 1 unspecified atom stereocenters. The molecule has 1 saturated heterocycles. The van der Waals surface area contributed by atoms with E-state index in [1.54, 1.807) is 0 Å². The molecule has 0 spiro atoms. The van der Waals surface area contributed by atoms with Crippen LogP contribution < -0.4 is 5.32 Å². The van der Waals surface area contributed by atoms with Gasteiger partial charge >= 0.3 is 0 Å². The third-order valence-corrected chi connectivity index (χ3v) is 5.29. The summed E-state index contributed by atoms with van der Waals surface area (Å²) in [6.07, 6.45) is 4.24. The molecule has 5 nitrogen and oxygen atoms in total. The molecule has 1 fully saturated rings. The van der Waals surface area contributed by atoms with Crippen LogP contribution in [0.5, 0.6) is 0 Å². The Hall–Kier alpha value is -1.69. The Morgan fingerprint density at radius 3 is 2.84 bits per heavy atom. The molecule has 5 heteroatoms. The molecule has 25 heavy (non-hydrogen) atoms. The van der Waals surface area contributed by atoms with Crippen molar-refractivity contribution in [3.05, 3.63) is 52.9 Å². The third-order valence-electron chi connectivity index (χ3n) is 5.29. The van der Waals surface area contributed by atoms with E-state index in [0.29, 0.717) is 6.04 Å². The molecule has 0 bridgehead atoms. The van der Waals surface area contributed by atoms with E-state index >= 15 is 0 Å². The molecule has 1 aliphatic heterocycles. The minimum atomic E-state index is 0.527. The molecule has 1 aliphatic carbocycles. The maximum Gasteiger partial charge on any atom is 0.140 e. The topological polar surface area (TPSA) is 50.5 Å². The van der Waals surface area contributed by atoms with Gasteiger partial charge in [0.05, 0.1) is 13.2 Å². The minimum absolute atomic E-state index is 0.527. The van der Waals surface area contributed by atoms with Gasteiger partial charge in [-0.25, -0.2) is 0 Å². The smallest absolute Gasteiger partial charge is 0.140 e. The number of fused-ring (bicyclic) bond motifs is 1. The molecule has 2 heterocycles. The van der Waals surface area contributed by atoms with Gasteiger partial charge in [0.1, 0.15) is 11.5 Å². The first-order chi connectivity index (χ1) is 12.4. The third kappa shape index (κ3) is 4.29. The van der Waals surface area contributed by atoms with E-state index in [9.17, 15) is 0 Å².